The predicted molar refractivity (Wildman–Crippen MR) is 138 cm³/mol. The lowest BCUT2D eigenvalue weighted by Crippen LogP contribution is -2.50. The molecule has 1 aliphatic heterocycles. The van der Waals surface area contributed by atoms with E-state index in [2.05, 4.69) is 39.2 Å². The quantitative estimate of drug-likeness (QED) is 0.325. The van der Waals surface area contributed by atoms with Crippen LogP contribution in [-0.4, -0.2) is 62.6 Å². The van der Waals surface area contributed by atoms with Crippen molar-refractivity contribution in [2.75, 3.05) is 44.2 Å². The summed E-state index contributed by atoms with van der Waals surface area (Å²) in [5.74, 6) is -1.25. The van der Waals surface area contributed by atoms with Gasteiger partial charge in [-0.25, -0.2) is 0 Å². The number of hydrogen-bond donors (Lipinski definition) is 0. The number of benzene rings is 2. The lowest BCUT2D eigenvalue weighted by Gasteiger charge is -2.37. The van der Waals surface area contributed by atoms with Crippen LogP contribution in [0.15, 0.2) is 42.5 Å². The number of amides is 1. The van der Waals surface area contributed by atoms with Crippen LogP contribution in [0.1, 0.15) is 36.8 Å². The summed E-state index contributed by atoms with van der Waals surface area (Å²) in [7, 11) is 0. The van der Waals surface area contributed by atoms with E-state index in [4.69, 9.17) is 4.74 Å². The fourth-order valence-electron chi connectivity index (χ4n) is 5.02. The standard InChI is InChI=1S/C28H32F6N3O3/c1-19-2-7-22(8-3-19)36-12-14-37(15-13-36)26(38)18-39-23-9-4-20(5-10-23)17-35-21-6-11-25(40-28(32,33)34)24(16-21)27(29,30)31/h2-3,6-8,11,16,20,23H,4-5,9-10,12-15,17-18H2,1H3/q-1. The summed E-state index contributed by atoms with van der Waals surface area (Å²) in [4.78, 5) is 16.7. The number of halogens is 6. The van der Waals surface area contributed by atoms with Crippen molar-refractivity contribution in [3.63, 3.8) is 0 Å². The van der Waals surface area contributed by atoms with Crippen molar-refractivity contribution in [3.05, 3.63) is 58.9 Å². The third kappa shape index (κ3) is 8.42. The summed E-state index contributed by atoms with van der Waals surface area (Å²) in [6.45, 7) is 5.07. The second kappa shape index (κ2) is 12.6. The van der Waals surface area contributed by atoms with Crippen LogP contribution in [0.5, 0.6) is 5.75 Å². The van der Waals surface area contributed by atoms with Gasteiger partial charge in [0.05, 0.1) is 11.7 Å². The maximum atomic E-state index is 13.3. The smallest absolute Gasteiger partial charge is 0.573 e. The highest BCUT2D eigenvalue weighted by Crippen LogP contribution is 2.41. The molecule has 0 radical (unpaired) electrons. The van der Waals surface area contributed by atoms with Gasteiger partial charge in [-0.2, -0.15) is 13.2 Å². The van der Waals surface area contributed by atoms with Crippen LogP contribution in [0.25, 0.3) is 5.32 Å². The molecule has 1 amide bonds. The molecule has 2 aromatic carbocycles. The van der Waals surface area contributed by atoms with Crippen molar-refractivity contribution in [1.29, 1.82) is 0 Å². The summed E-state index contributed by atoms with van der Waals surface area (Å²) in [6.07, 6.45) is -7.50. The number of carbonyl (C=O) groups excluding carboxylic acids is 1. The molecule has 0 N–H and O–H groups in total. The van der Waals surface area contributed by atoms with E-state index < -0.39 is 23.9 Å². The molecule has 1 aliphatic carbocycles. The van der Waals surface area contributed by atoms with Crippen molar-refractivity contribution in [2.45, 2.75) is 51.2 Å². The van der Waals surface area contributed by atoms with Gasteiger partial charge in [0.25, 0.3) is 0 Å². The van der Waals surface area contributed by atoms with E-state index in [-0.39, 0.29) is 36.8 Å². The fourth-order valence-corrected chi connectivity index (χ4v) is 5.02. The summed E-state index contributed by atoms with van der Waals surface area (Å²) >= 11 is 0. The van der Waals surface area contributed by atoms with Gasteiger partial charge in [-0.3, -0.25) is 4.79 Å². The molecule has 0 bridgehead atoms. The van der Waals surface area contributed by atoms with Crippen LogP contribution < -0.4 is 9.64 Å². The van der Waals surface area contributed by atoms with Crippen molar-refractivity contribution >= 4 is 17.3 Å². The minimum absolute atomic E-state index is 0.0107. The molecule has 2 aliphatic rings. The molecule has 1 saturated heterocycles. The number of hydrogen-bond acceptors (Lipinski definition) is 4. The minimum atomic E-state index is -5.24. The summed E-state index contributed by atoms with van der Waals surface area (Å²) < 4.78 is 86.6. The number of carbonyl (C=O) groups is 1. The zero-order valence-electron chi connectivity index (χ0n) is 22.1. The van der Waals surface area contributed by atoms with Crippen molar-refractivity contribution in [1.82, 2.24) is 4.90 Å². The number of aryl methyl sites for hydroxylation is 1. The van der Waals surface area contributed by atoms with E-state index in [9.17, 15) is 31.1 Å². The molecule has 0 unspecified atom stereocenters. The molecule has 1 saturated carbocycles. The Morgan fingerprint density at radius 1 is 0.925 bits per heavy atom. The van der Waals surface area contributed by atoms with Gasteiger partial charge in [-0.05, 0) is 50.8 Å². The summed E-state index contributed by atoms with van der Waals surface area (Å²) in [5, 5.41) is 4.19. The van der Waals surface area contributed by atoms with Crippen LogP contribution >= 0.6 is 0 Å². The van der Waals surface area contributed by atoms with Crippen LogP contribution in [0.3, 0.4) is 0 Å². The minimum Gasteiger partial charge on any atom is -0.684 e. The maximum absolute atomic E-state index is 13.3. The van der Waals surface area contributed by atoms with Crippen molar-refractivity contribution in [3.8, 4) is 5.75 Å². The Hall–Kier alpha value is -3.15. The molecule has 2 fully saturated rings. The highest BCUT2D eigenvalue weighted by molar-refractivity contribution is 5.77. The molecule has 0 spiro atoms. The van der Waals surface area contributed by atoms with Gasteiger partial charge in [-0.1, -0.05) is 35.7 Å². The van der Waals surface area contributed by atoms with Gasteiger partial charge in [-0.15, -0.1) is 25.4 Å². The van der Waals surface area contributed by atoms with Crippen LogP contribution in [-0.2, 0) is 15.7 Å². The van der Waals surface area contributed by atoms with Crippen molar-refractivity contribution in [2.24, 2.45) is 5.92 Å². The Bertz CT molecular complexity index is 1120. The Morgan fingerprint density at radius 2 is 1.57 bits per heavy atom. The van der Waals surface area contributed by atoms with Crippen LogP contribution in [0, 0.1) is 12.8 Å². The first-order valence-electron chi connectivity index (χ1n) is 13.2. The molecule has 220 valence electrons. The highest BCUT2D eigenvalue weighted by Gasteiger charge is 2.39. The Labute approximate surface area is 229 Å². The monoisotopic (exact) mass is 572 g/mol. The molecule has 2 aromatic rings. The normalized spacial score (nSPS) is 20.4. The first kappa shape index (κ1) is 29.8. The Morgan fingerprint density at radius 3 is 2.17 bits per heavy atom. The highest BCUT2D eigenvalue weighted by atomic mass is 19.4. The largest absolute Gasteiger partial charge is 0.684 e. The summed E-state index contributed by atoms with van der Waals surface area (Å²) in [6, 6.07) is 10.6. The van der Waals surface area contributed by atoms with Gasteiger partial charge < -0.3 is 24.6 Å². The first-order valence-corrected chi connectivity index (χ1v) is 13.2. The van der Waals surface area contributed by atoms with Gasteiger partial charge >= 0.3 is 12.5 Å². The van der Waals surface area contributed by atoms with E-state index in [1.807, 2.05) is 11.8 Å². The second-order valence-electron chi connectivity index (χ2n) is 10.2. The molecule has 0 atom stereocenters. The predicted octanol–water partition coefficient (Wildman–Crippen LogP) is 6.84. The molecule has 4 rings (SSSR count). The molecule has 12 heteroatoms. The third-order valence-electron chi connectivity index (χ3n) is 7.29. The Balaban J connectivity index is 1.17. The maximum Gasteiger partial charge on any atom is 0.573 e. The SMILES string of the molecule is Cc1ccc(N2CCN(C(=O)COC3CCC(C[N-]c4ccc(OC(F)(F)F)c(C(F)(F)F)c4)CC3)CC2)cc1. The molecular formula is C28H32F6N3O3-. The van der Waals surface area contributed by atoms with Gasteiger partial charge in [0.15, 0.2) is 0 Å². The number of piperazine rings is 1. The molecule has 1 heterocycles. The average molecular weight is 573 g/mol. The van der Waals surface area contributed by atoms with Gasteiger partial charge in [0.2, 0.25) is 5.91 Å². The average Bonchev–Trinajstić information content (AvgIpc) is 2.91. The van der Waals surface area contributed by atoms with Crippen LogP contribution in [0.4, 0.5) is 37.7 Å². The van der Waals surface area contributed by atoms with Gasteiger partial charge in [0, 0.05) is 31.9 Å². The number of anilines is 1. The lowest BCUT2D eigenvalue weighted by atomic mass is 9.87. The lowest BCUT2D eigenvalue weighted by molar-refractivity contribution is -0.276. The zero-order valence-corrected chi connectivity index (χ0v) is 22.1. The van der Waals surface area contributed by atoms with Crippen molar-refractivity contribution < 1.29 is 40.6 Å². The fraction of sp³-hybridized carbons (Fsp3) is 0.536. The zero-order chi connectivity index (χ0) is 28.9. The first-order chi connectivity index (χ1) is 18.9. The van der Waals surface area contributed by atoms with E-state index >= 15 is 0 Å². The topological polar surface area (TPSA) is 56.1 Å². The molecular weight excluding hydrogens is 540 g/mol. The van der Waals surface area contributed by atoms with Gasteiger partial charge in [0.1, 0.15) is 12.4 Å². The number of rotatable bonds is 8. The summed E-state index contributed by atoms with van der Waals surface area (Å²) in [5.41, 5.74) is 0.759. The third-order valence-corrected chi connectivity index (χ3v) is 7.29. The second-order valence-corrected chi connectivity index (χ2v) is 10.2. The van der Waals surface area contributed by atoms with E-state index in [1.54, 1.807) is 0 Å². The van der Waals surface area contributed by atoms with E-state index in [0.29, 0.717) is 38.1 Å². The number of nitrogens with zero attached hydrogens (tertiary/aromatic N) is 3. The van der Waals surface area contributed by atoms with E-state index in [0.717, 1.165) is 37.7 Å². The molecule has 6 nitrogen and oxygen atoms in total. The number of alkyl halides is 6. The van der Waals surface area contributed by atoms with E-state index in [1.165, 1.54) is 5.56 Å². The molecule has 0 aromatic heterocycles. The Kier molecular flexibility index (Phi) is 9.37. The number of ether oxygens (including phenoxy) is 2. The van der Waals surface area contributed by atoms with Crippen LogP contribution in [0.2, 0.25) is 0 Å². The molecule has 40 heavy (non-hydrogen) atoms.